The molecule has 2 atom stereocenters. The van der Waals surface area contributed by atoms with Crippen molar-refractivity contribution in [2.24, 2.45) is 5.92 Å². The zero-order valence-electron chi connectivity index (χ0n) is 10.6. The summed E-state index contributed by atoms with van der Waals surface area (Å²) in [4.78, 5) is 11.2. The van der Waals surface area contributed by atoms with Gasteiger partial charge in [0.25, 0.3) is 0 Å². The van der Waals surface area contributed by atoms with Gasteiger partial charge in [0.2, 0.25) is 0 Å². The summed E-state index contributed by atoms with van der Waals surface area (Å²) in [6, 6.07) is 7.43. The van der Waals surface area contributed by atoms with Crippen LogP contribution in [-0.4, -0.2) is 30.8 Å². The summed E-state index contributed by atoms with van der Waals surface area (Å²) in [6.45, 7) is 0.802. The molecular formula is C14H19NO3. The minimum atomic E-state index is -0.742. The van der Waals surface area contributed by atoms with Gasteiger partial charge < -0.3 is 15.2 Å². The van der Waals surface area contributed by atoms with E-state index in [-0.39, 0.29) is 5.92 Å². The molecule has 98 valence electrons. The molecule has 0 aromatic heterocycles. The second-order valence-corrected chi connectivity index (χ2v) is 4.72. The maximum atomic E-state index is 11.2. The van der Waals surface area contributed by atoms with Crippen LogP contribution in [0.15, 0.2) is 24.3 Å². The van der Waals surface area contributed by atoms with E-state index in [9.17, 15) is 9.90 Å². The fourth-order valence-corrected chi connectivity index (χ4v) is 2.53. The van der Waals surface area contributed by atoms with Crippen LogP contribution < -0.4 is 10.1 Å². The highest BCUT2D eigenvalue weighted by Gasteiger charge is 2.30. The molecule has 0 aliphatic carbocycles. The van der Waals surface area contributed by atoms with Crippen molar-refractivity contribution in [2.45, 2.75) is 25.3 Å². The largest absolute Gasteiger partial charge is 0.497 e. The summed E-state index contributed by atoms with van der Waals surface area (Å²) in [5.74, 6) is 0.258. The number of rotatable bonds is 4. The van der Waals surface area contributed by atoms with Gasteiger partial charge in [0.05, 0.1) is 7.11 Å². The molecule has 1 aliphatic heterocycles. The van der Waals surface area contributed by atoms with Crippen LogP contribution in [0.25, 0.3) is 0 Å². The Labute approximate surface area is 107 Å². The van der Waals surface area contributed by atoms with E-state index in [2.05, 4.69) is 5.32 Å². The highest BCUT2D eigenvalue weighted by molar-refractivity contribution is 5.74. The maximum Gasteiger partial charge on any atom is 0.320 e. The highest BCUT2D eigenvalue weighted by atomic mass is 16.5. The molecule has 1 fully saturated rings. The number of benzene rings is 1. The van der Waals surface area contributed by atoms with Crippen LogP contribution in [0.2, 0.25) is 0 Å². The number of ether oxygens (including phenoxy) is 1. The number of nitrogens with one attached hydrogen (secondary N) is 1. The SMILES string of the molecule is COc1ccc(CC2CCCNC2C(=O)O)cc1. The summed E-state index contributed by atoms with van der Waals surface area (Å²) in [6.07, 6.45) is 2.81. The Morgan fingerprint density at radius 2 is 2.17 bits per heavy atom. The molecular weight excluding hydrogens is 230 g/mol. The van der Waals surface area contributed by atoms with Crippen molar-refractivity contribution < 1.29 is 14.6 Å². The predicted molar refractivity (Wildman–Crippen MR) is 68.8 cm³/mol. The van der Waals surface area contributed by atoms with Gasteiger partial charge in [0, 0.05) is 0 Å². The van der Waals surface area contributed by atoms with Gasteiger partial charge in [-0.05, 0) is 49.4 Å². The van der Waals surface area contributed by atoms with Crippen LogP contribution in [0.5, 0.6) is 5.75 Å². The first kappa shape index (κ1) is 12.9. The minimum absolute atomic E-state index is 0.171. The first-order valence-corrected chi connectivity index (χ1v) is 6.30. The predicted octanol–water partition coefficient (Wildman–Crippen LogP) is 1.69. The molecule has 1 heterocycles. The second-order valence-electron chi connectivity index (χ2n) is 4.72. The number of methoxy groups -OCH3 is 1. The van der Waals surface area contributed by atoms with Gasteiger partial charge in [-0.3, -0.25) is 4.79 Å². The minimum Gasteiger partial charge on any atom is -0.497 e. The molecule has 1 aromatic carbocycles. The molecule has 0 saturated carbocycles. The lowest BCUT2D eigenvalue weighted by atomic mass is 9.85. The first-order valence-electron chi connectivity index (χ1n) is 6.30. The molecule has 1 aromatic rings. The average Bonchev–Trinajstić information content (AvgIpc) is 2.40. The number of carbonyl (C=O) groups is 1. The van der Waals surface area contributed by atoms with Crippen molar-refractivity contribution in [1.82, 2.24) is 5.32 Å². The lowest BCUT2D eigenvalue weighted by molar-refractivity contribution is -0.141. The highest BCUT2D eigenvalue weighted by Crippen LogP contribution is 2.23. The molecule has 1 aliphatic rings. The number of piperidine rings is 1. The van der Waals surface area contributed by atoms with Crippen molar-refractivity contribution >= 4 is 5.97 Å². The van der Waals surface area contributed by atoms with Crippen LogP contribution in [0.1, 0.15) is 18.4 Å². The van der Waals surface area contributed by atoms with E-state index in [0.29, 0.717) is 0 Å². The summed E-state index contributed by atoms with van der Waals surface area (Å²) in [7, 11) is 1.64. The van der Waals surface area contributed by atoms with Gasteiger partial charge in [-0.2, -0.15) is 0 Å². The lowest BCUT2D eigenvalue weighted by Gasteiger charge is -2.29. The van der Waals surface area contributed by atoms with Gasteiger partial charge in [-0.1, -0.05) is 12.1 Å². The zero-order valence-corrected chi connectivity index (χ0v) is 10.6. The normalized spacial score (nSPS) is 23.6. The standard InChI is InChI=1S/C14H19NO3/c1-18-12-6-4-10(5-7-12)9-11-3-2-8-15-13(11)14(16)17/h4-7,11,13,15H,2-3,8-9H2,1H3,(H,16,17). The van der Waals surface area contributed by atoms with Crippen LogP contribution in [0, 0.1) is 5.92 Å². The summed E-state index contributed by atoms with van der Waals surface area (Å²) in [5, 5.41) is 12.3. The van der Waals surface area contributed by atoms with Crippen LogP contribution >= 0.6 is 0 Å². The number of hydrogen-bond acceptors (Lipinski definition) is 3. The number of hydrogen-bond donors (Lipinski definition) is 2. The quantitative estimate of drug-likeness (QED) is 0.852. The number of carboxylic acid groups (broad SMARTS) is 1. The van der Waals surface area contributed by atoms with E-state index in [1.807, 2.05) is 24.3 Å². The third-order valence-electron chi connectivity index (χ3n) is 3.51. The second kappa shape index (κ2) is 5.87. The smallest absolute Gasteiger partial charge is 0.320 e. The average molecular weight is 249 g/mol. The molecule has 0 amide bonds. The molecule has 2 rings (SSSR count). The number of carboxylic acids is 1. The van der Waals surface area contributed by atoms with Crippen LogP contribution in [-0.2, 0) is 11.2 Å². The van der Waals surface area contributed by atoms with E-state index < -0.39 is 12.0 Å². The van der Waals surface area contributed by atoms with Crippen molar-refractivity contribution in [2.75, 3.05) is 13.7 Å². The summed E-state index contributed by atoms with van der Waals surface area (Å²) in [5.41, 5.74) is 1.16. The van der Waals surface area contributed by atoms with E-state index in [0.717, 1.165) is 37.1 Å². The van der Waals surface area contributed by atoms with Crippen molar-refractivity contribution in [1.29, 1.82) is 0 Å². The monoisotopic (exact) mass is 249 g/mol. The Bertz CT molecular complexity index is 402. The lowest BCUT2D eigenvalue weighted by Crippen LogP contribution is -2.47. The molecule has 4 heteroatoms. The fourth-order valence-electron chi connectivity index (χ4n) is 2.53. The van der Waals surface area contributed by atoms with E-state index in [1.54, 1.807) is 7.11 Å². The zero-order chi connectivity index (χ0) is 13.0. The Morgan fingerprint density at radius 3 is 2.78 bits per heavy atom. The van der Waals surface area contributed by atoms with Gasteiger partial charge in [-0.15, -0.1) is 0 Å². The molecule has 18 heavy (non-hydrogen) atoms. The van der Waals surface area contributed by atoms with Crippen molar-refractivity contribution in [3.8, 4) is 5.75 Å². The topological polar surface area (TPSA) is 58.6 Å². The van der Waals surface area contributed by atoms with E-state index >= 15 is 0 Å². The Hall–Kier alpha value is -1.55. The third-order valence-corrected chi connectivity index (χ3v) is 3.51. The van der Waals surface area contributed by atoms with E-state index in [1.165, 1.54) is 0 Å². The van der Waals surface area contributed by atoms with Gasteiger partial charge in [0.15, 0.2) is 0 Å². The summed E-state index contributed by atoms with van der Waals surface area (Å²) >= 11 is 0. The molecule has 0 bridgehead atoms. The first-order chi connectivity index (χ1) is 8.70. The molecule has 2 N–H and O–H groups in total. The van der Waals surface area contributed by atoms with Gasteiger partial charge in [0.1, 0.15) is 11.8 Å². The fraction of sp³-hybridized carbons (Fsp3) is 0.500. The van der Waals surface area contributed by atoms with Crippen LogP contribution in [0.4, 0.5) is 0 Å². The molecule has 1 saturated heterocycles. The molecule has 2 unspecified atom stereocenters. The number of aliphatic carboxylic acids is 1. The van der Waals surface area contributed by atoms with Crippen LogP contribution in [0.3, 0.4) is 0 Å². The Balaban J connectivity index is 2.03. The van der Waals surface area contributed by atoms with Gasteiger partial charge in [-0.25, -0.2) is 0 Å². The Kier molecular flexibility index (Phi) is 4.20. The maximum absolute atomic E-state index is 11.2. The molecule has 4 nitrogen and oxygen atoms in total. The summed E-state index contributed by atoms with van der Waals surface area (Å²) < 4.78 is 5.11. The van der Waals surface area contributed by atoms with E-state index in [4.69, 9.17) is 4.74 Å². The van der Waals surface area contributed by atoms with Gasteiger partial charge >= 0.3 is 5.97 Å². The third kappa shape index (κ3) is 3.01. The molecule has 0 radical (unpaired) electrons. The molecule has 0 spiro atoms. The van der Waals surface area contributed by atoms with Crippen molar-refractivity contribution in [3.63, 3.8) is 0 Å². The van der Waals surface area contributed by atoms with Crippen molar-refractivity contribution in [3.05, 3.63) is 29.8 Å². The Morgan fingerprint density at radius 1 is 1.44 bits per heavy atom.